The molecule has 138 valence electrons. The predicted molar refractivity (Wildman–Crippen MR) is 102 cm³/mol. The molecule has 1 unspecified atom stereocenters. The fraction of sp³-hybridized carbons (Fsp3) is 0.826. The van der Waals surface area contributed by atoms with E-state index in [2.05, 4.69) is 13.0 Å². The van der Waals surface area contributed by atoms with E-state index in [4.69, 9.17) is 0 Å². The molecule has 0 amide bonds. The van der Waals surface area contributed by atoms with Crippen LogP contribution in [0.3, 0.4) is 0 Å². The number of carbonyl (C=O) groups excluding carboxylic acids is 1. The molecule has 7 atom stereocenters. The lowest BCUT2D eigenvalue weighted by atomic mass is 9.47. The SMILES string of the molecule is CCC12CC[C@H]3[C@@H]([C@H](C4CC4)CC4=CC(=O)CC[C@@H]43)[C@@H]1CC[C@@H]2C#N.[HH].[HH]. The highest BCUT2D eigenvalue weighted by Gasteiger charge is 2.61. The van der Waals surface area contributed by atoms with Crippen molar-refractivity contribution in [3.63, 3.8) is 0 Å². The molecule has 5 aliphatic rings. The van der Waals surface area contributed by atoms with Gasteiger partial charge in [0, 0.05) is 9.27 Å². The molecular formula is C23H35NO. The van der Waals surface area contributed by atoms with Crippen LogP contribution in [0, 0.1) is 58.2 Å². The van der Waals surface area contributed by atoms with Crippen LogP contribution < -0.4 is 0 Å². The zero-order valence-electron chi connectivity index (χ0n) is 15.5. The molecule has 2 nitrogen and oxygen atoms in total. The van der Waals surface area contributed by atoms with E-state index in [-0.39, 0.29) is 2.85 Å². The maximum Gasteiger partial charge on any atom is 0.155 e. The van der Waals surface area contributed by atoms with E-state index in [1.54, 1.807) is 0 Å². The third-order valence-electron chi connectivity index (χ3n) is 9.15. The predicted octanol–water partition coefficient (Wildman–Crippen LogP) is 5.79. The van der Waals surface area contributed by atoms with Gasteiger partial charge in [-0.3, -0.25) is 4.79 Å². The number of nitriles is 1. The van der Waals surface area contributed by atoms with E-state index >= 15 is 0 Å². The molecule has 4 fully saturated rings. The Bertz CT molecular complexity index is 664. The smallest absolute Gasteiger partial charge is 0.155 e. The molecule has 2 heteroatoms. The van der Waals surface area contributed by atoms with E-state index in [1.807, 2.05) is 6.08 Å². The summed E-state index contributed by atoms with van der Waals surface area (Å²) in [4.78, 5) is 12.0. The first kappa shape index (κ1) is 16.1. The van der Waals surface area contributed by atoms with Crippen molar-refractivity contribution in [1.82, 2.24) is 0 Å². The highest BCUT2D eigenvalue weighted by molar-refractivity contribution is 5.91. The summed E-state index contributed by atoms with van der Waals surface area (Å²) >= 11 is 0. The summed E-state index contributed by atoms with van der Waals surface area (Å²) in [6, 6.07) is 2.72. The second-order valence-corrected chi connectivity index (χ2v) is 9.77. The Morgan fingerprint density at radius 1 is 1.20 bits per heavy atom. The van der Waals surface area contributed by atoms with Gasteiger partial charge < -0.3 is 0 Å². The standard InChI is InChI=1S/C23H31NO.2H2/c1-2-23-10-9-19-18-7-6-17(25)11-15(18)12-20(14-3-4-14)22(19)21(23)8-5-16(23)13-24;;/h11,14,16,18-22H,2-10,12H2,1H3;2*1H/t16-,18+,19-,20+,21+,22+,23?;;/m1../s1. The Kier molecular flexibility index (Phi) is 3.67. The zero-order valence-corrected chi connectivity index (χ0v) is 15.5. The first-order valence-corrected chi connectivity index (χ1v) is 10.8. The van der Waals surface area contributed by atoms with Crippen LogP contribution in [-0.4, -0.2) is 5.78 Å². The number of carbonyl (C=O) groups is 1. The number of allylic oxidation sites excluding steroid dienone is 1. The minimum Gasteiger partial charge on any atom is -0.295 e. The third-order valence-corrected chi connectivity index (χ3v) is 9.15. The minimum atomic E-state index is 0. The zero-order chi connectivity index (χ0) is 17.2. The molecule has 0 saturated heterocycles. The summed E-state index contributed by atoms with van der Waals surface area (Å²) in [5.41, 5.74) is 1.84. The second-order valence-electron chi connectivity index (χ2n) is 9.77. The molecule has 0 spiro atoms. The molecule has 0 heterocycles. The maximum absolute atomic E-state index is 12.0. The van der Waals surface area contributed by atoms with Gasteiger partial charge in [-0.2, -0.15) is 5.26 Å². The Hall–Kier alpha value is -1.10. The summed E-state index contributed by atoms with van der Waals surface area (Å²) in [5.74, 6) is 5.53. The fourth-order valence-corrected chi connectivity index (χ4v) is 7.99. The molecule has 0 aromatic rings. The van der Waals surface area contributed by atoms with Crippen LogP contribution in [0.15, 0.2) is 11.6 Å². The number of ketones is 1. The minimum absolute atomic E-state index is 0. The van der Waals surface area contributed by atoms with Gasteiger partial charge in [0.1, 0.15) is 0 Å². The van der Waals surface area contributed by atoms with E-state index in [1.165, 1.54) is 50.5 Å². The maximum atomic E-state index is 12.0. The van der Waals surface area contributed by atoms with Gasteiger partial charge in [-0.15, -0.1) is 0 Å². The Morgan fingerprint density at radius 2 is 2.04 bits per heavy atom. The van der Waals surface area contributed by atoms with Crippen molar-refractivity contribution in [2.24, 2.45) is 46.8 Å². The monoisotopic (exact) mass is 341 g/mol. The lowest BCUT2D eigenvalue weighted by Crippen LogP contribution is -2.51. The average Bonchev–Trinajstić information content (AvgIpc) is 3.40. The molecule has 0 N–H and O–H groups in total. The van der Waals surface area contributed by atoms with Crippen molar-refractivity contribution in [2.75, 3.05) is 0 Å². The van der Waals surface area contributed by atoms with Gasteiger partial charge in [-0.1, -0.05) is 12.5 Å². The highest BCUT2D eigenvalue weighted by atomic mass is 16.1. The Morgan fingerprint density at radius 3 is 2.76 bits per heavy atom. The van der Waals surface area contributed by atoms with Gasteiger partial charge in [0.15, 0.2) is 5.78 Å². The van der Waals surface area contributed by atoms with Crippen molar-refractivity contribution in [1.29, 1.82) is 5.26 Å². The van der Waals surface area contributed by atoms with Crippen molar-refractivity contribution in [3.05, 3.63) is 11.6 Å². The first-order chi connectivity index (χ1) is 12.2. The number of hydrogen-bond acceptors (Lipinski definition) is 2. The highest BCUT2D eigenvalue weighted by Crippen LogP contribution is 2.68. The molecule has 0 radical (unpaired) electrons. The van der Waals surface area contributed by atoms with E-state index in [0.29, 0.717) is 23.0 Å². The molecule has 0 bridgehead atoms. The van der Waals surface area contributed by atoms with Gasteiger partial charge in [0.2, 0.25) is 0 Å². The van der Waals surface area contributed by atoms with Gasteiger partial charge in [0.05, 0.1) is 12.0 Å². The largest absolute Gasteiger partial charge is 0.295 e. The van der Waals surface area contributed by atoms with Crippen LogP contribution in [0.4, 0.5) is 0 Å². The van der Waals surface area contributed by atoms with E-state index in [9.17, 15) is 10.1 Å². The van der Waals surface area contributed by atoms with Crippen molar-refractivity contribution >= 4 is 5.78 Å². The molecule has 0 aromatic heterocycles. The van der Waals surface area contributed by atoms with Crippen LogP contribution in [0.25, 0.3) is 0 Å². The van der Waals surface area contributed by atoms with Gasteiger partial charge in [-0.25, -0.2) is 0 Å². The number of nitrogens with zero attached hydrogens (tertiary/aromatic N) is 1. The average molecular weight is 342 g/mol. The first-order valence-electron chi connectivity index (χ1n) is 10.8. The van der Waals surface area contributed by atoms with Crippen LogP contribution >= 0.6 is 0 Å². The summed E-state index contributed by atoms with van der Waals surface area (Å²) < 4.78 is 0. The molecular weight excluding hydrogens is 306 g/mol. The number of hydrogen-bond donors (Lipinski definition) is 0. The molecule has 5 aliphatic carbocycles. The van der Waals surface area contributed by atoms with E-state index < -0.39 is 0 Å². The number of rotatable bonds is 2. The van der Waals surface area contributed by atoms with Gasteiger partial charge >= 0.3 is 0 Å². The third kappa shape index (κ3) is 2.23. The fourth-order valence-electron chi connectivity index (χ4n) is 7.99. The number of fused-ring (bicyclic) bond motifs is 5. The summed E-state index contributed by atoms with van der Waals surface area (Å²) in [7, 11) is 0. The Labute approximate surface area is 155 Å². The molecule has 0 aliphatic heterocycles. The van der Waals surface area contributed by atoms with Crippen LogP contribution in [0.1, 0.15) is 74.0 Å². The topological polar surface area (TPSA) is 40.9 Å². The molecule has 5 rings (SSSR count). The van der Waals surface area contributed by atoms with Gasteiger partial charge in [-0.05, 0) is 105 Å². The summed E-state index contributed by atoms with van der Waals surface area (Å²) in [6.45, 7) is 2.35. The van der Waals surface area contributed by atoms with Crippen molar-refractivity contribution in [3.8, 4) is 6.07 Å². The van der Waals surface area contributed by atoms with Gasteiger partial charge in [0.25, 0.3) is 0 Å². The van der Waals surface area contributed by atoms with Crippen LogP contribution in [0.5, 0.6) is 0 Å². The quantitative estimate of drug-likeness (QED) is 0.638. The van der Waals surface area contributed by atoms with Crippen LogP contribution in [0.2, 0.25) is 0 Å². The van der Waals surface area contributed by atoms with E-state index in [0.717, 1.165) is 48.9 Å². The lowest BCUT2D eigenvalue weighted by molar-refractivity contribution is -0.116. The summed E-state index contributed by atoms with van der Waals surface area (Å²) in [5, 5.41) is 9.80. The Balaban J connectivity index is 0.00000105. The molecule has 25 heavy (non-hydrogen) atoms. The normalized spacial score (nSPS) is 48.8. The molecule has 4 saturated carbocycles. The molecule has 0 aromatic carbocycles. The second kappa shape index (κ2) is 5.70. The van der Waals surface area contributed by atoms with Crippen molar-refractivity contribution in [2.45, 2.75) is 71.1 Å². The van der Waals surface area contributed by atoms with Crippen LogP contribution in [-0.2, 0) is 4.79 Å². The van der Waals surface area contributed by atoms with Crippen molar-refractivity contribution < 1.29 is 7.65 Å². The lowest BCUT2D eigenvalue weighted by Gasteiger charge is -2.57. The summed E-state index contributed by atoms with van der Waals surface area (Å²) in [6.07, 6.45) is 14.2.